The number of hydrogen-bond donors (Lipinski definition) is 1. The van der Waals surface area contributed by atoms with E-state index < -0.39 is 0 Å². The van der Waals surface area contributed by atoms with Crippen LogP contribution in [0.3, 0.4) is 0 Å². The predicted molar refractivity (Wildman–Crippen MR) is 95.6 cm³/mol. The quantitative estimate of drug-likeness (QED) is 0.805. The number of thiophene rings is 1. The van der Waals surface area contributed by atoms with Crippen molar-refractivity contribution in [2.24, 2.45) is 5.92 Å². The second-order valence-corrected chi connectivity index (χ2v) is 7.39. The lowest BCUT2D eigenvalue weighted by Gasteiger charge is -2.32. The molecule has 1 aromatic rings. The fraction of sp³-hybridized carbons (Fsp3) is 0.444. The Bertz CT molecular complexity index is 678. The zero-order valence-corrected chi connectivity index (χ0v) is 14.9. The molecule has 5 nitrogen and oxygen atoms in total. The van der Waals surface area contributed by atoms with Gasteiger partial charge in [0.05, 0.1) is 23.9 Å². The van der Waals surface area contributed by atoms with Gasteiger partial charge in [0.1, 0.15) is 0 Å². The van der Waals surface area contributed by atoms with Gasteiger partial charge in [-0.2, -0.15) is 11.3 Å². The van der Waals surface area contributed by atoms with Crippen LogP contribution in [0.2, 0.25) is 0 Å². The molecule has 24 heavy (non-hydrogen) atoms. The largest absolute Gasteiger partial charge is 0.333 e. The van der Waals surface area contributed by atoms with Crippen LogP contribution in [0.5, 0.6) is 0 Å². The van der Waals surface area contributed by atoms with Crippen molar-refractivity contribution in [2.45, 2.75) is 26.3 Å². The predicted octanol–water partition coefficient (Wildman–Crippen LogP) is 3.14. The van der Waals surface area contributed by atoms with Crippen LogP contribution in [0.25, 0.3) is 0 Å². The van der Waals surface area contributed by atoms with Gasteiger partial charge in [0, 0.05) is 13.1 Å². The number of nitrogens with one attached hydrogen (secondary N) is 1. The number of carbonyl (C=O) groups is 2. The summed E-state index contributed by atoms with van der Waals surface area (Å²) in [5, 5.41) is 6.94. The fourth-order valence-corrected chi connectivity index (χ4v) is 3.84. The highest BCUT2D eigenvalue weighted by Crippen LogP contribution is 2.36. The molecule has 128 valence electrons. The number of rotatable bonds is 6. The molecule has 3 amide bonds. The minimum atomic E-state index is -0.351. The van der Waals surface area contributed by atoms with E-state index in [1.807, 2.05) is 21.7 Å². The number of hydrogen-bond acceptors (Lipinski definition) is 3. The Morgan fingerprint density at radius 2 is 2.25 bits per heavy atom. The lowest BCUT2D eigenvalue weighted by molar-refractivity contribution is -0.125. The highest BCUT2D eigenvalue weighted by molar-refractivity contribution is 7.08. The molecular formula is C18H23N3O2S. The Morgan fingerprint density at radius 1 is 1.46 bits per heavy atom. The SMILES string of the molecule is C=CCN1C(=O)NC(c2ccsc2)C2=C1CN(CCC(C)C)C2=O. The molecule has 1 N–H and O–H groups in total. The summed E-state index contributed by atoms with van der Waals surface area (Å²) >= 11 is 1.57. The number of urea groups is 1. The van der Waals surface area contributed by atoms with Gasteiger partial charge >= 0.3 is 6.03 Å². The third-order valence-electron chi connectivity index (χ3n) is 4.46. The van der Waals surface area contributed by atoms with Gasteiger partial charge in [-0.25, -0.2) is 4.79 Å². The van der Waals surface area contributed by atoms with E-state index in [9.17, 15) is 9.59 Å². The minimum absolute atomic E-state index is 0.0379. The van der Waals surface area contributed by atoms with Crippen molar-refractivity contribution >= 4 is 23.3 Å². The van der Waals surface area contributed by atoms with Gasteiger partial charge in [0.25, 0.3) is 5.91 Å². The molecule has 2 aliphatic heterocycles. The second kappa shape index (κ2) is 6.81. The molecule has 0 saturated carbocycles. The third-order valence-corrected chi connectivity index (χ3v) is 5.16. The van der Waals surface area contributed by atoms with Crippen molar-refractivity contribution in [2.75, 3.05) is 19.6 Å². The molecule has 1 unspecified atom stereocenters. The molecular weight excluding hydrogens is 322 g/mol. The van der Waals surface area contributed by atoms with E-state index >= 15 is 0 Å². The third kappa shape index (κ3) is 2.98. The van der Waals surface area contributed by atoms with Gasteiger partial charge in [-0.1, -0.05) is 19.9 Å². The molecule has 1 aromatic heterocycles. The van der Waals surface area contributed by atoms with Gasteiger partial charge in [0.15, 0.2) is 0 Å². The summed E-state index contributed by atoms with van der Waals surface area (Å²) in [6.45, 7) is 9.66. The van der Waals surface area contributed by atoms with Gasteiger partial charge < -0.3 is 10.2 Å². The first-order chi connectivity index (χ1) is 11.5. The Hall–Kier alpha value is -2.08. The van der Waals surface area contributed by atoms with Crippen LogP contribution < -0.4 is 5.32 Å². The van der Waals surface area contributed by atoms with Crippen molar-refractivity contribution < 1.29 is 9.59 Å². The van der Waals surface area contributed by atoms with E-state index in [1.54, 1.807) is 22.3 Å². The monoisotopic (exact) mass is 345 g/mol. The van der Waals surface area contributed by atoms with E-state index in [4.69, 9.17) is 0 Å². The maximum Gasteiger partial charge on any atom is 0.322 e. The normalized spacial score (nSPS) is 20.7. The molecule has 0 radical (unpaired) electrons. The molecule has 3 rings (SSSR count). The van der Waals surface area contributed by atoms with Crippen molar-refractivity contribution in [1.82, 2.24) is 15.1 Å². The molecule has 3 heterocycles. The summed E-state index contributed by atoms with van der Waals surface area (Å²) in [5.41, 5.74) is 2.50. The van der Waals surface area contributed by atoms with E-state index in [-0.39, 0.29) is 18.0 Å². The molecule has 0 saturated heterocycles. The number of amides is 3. The summed E-state index contributed by atoms with van der Waals surface area (Å²) in [6, 6.07) is 1.45. The fourth-order valence-electron chi connectivity index (χ4n) is 3.15. The average molecular weight is 345 g/mol. The first-order valence-corrected chi connectivity index (χ1v) is 9.20. The van der Waals surface area contributed by atoms with Crippen LogP contribution in [0.4, 0.5) is 4.79 Å². The summed E-state index contributed by atoms with van der Waals surface area (Å²) < 4.78 is 0. The molecule has 0 bridgehead atoms. The lowest BCUT2D eigenvalue weighted by atomic mass is 9.98. The van der Waals surface area contributed by atoms with Crippen LogP contribution in [0, 0.1) is 5.92 Å². The average Bonchev–Trinajstić information content (AvgIpc) is 3.17. The highest BCUT2D eigenvalue weighted by atomic mass is 32.1. The van der Waals surface area contributed by atoms with Crippen LogP contribution in [-0.2, 0) is 4.79 Å². The van der Waals surface area contributed by atoms with E-state index in [2.05, 4.69) is 25.7 Å². The van der Waals surface area contributed by atoms with Gasteiger partial charge in [-0.05, 0) is 34.7 Å². The Morgan fingerprint density at radius 3 is 2.88 bits per heavy atom. The van der Waals surface area contributed by atoms with Crippen molar-refractivity contribution in [3.05, 3.63) is 46.3 Å². The molecule has 1 atom stereocenters. The van der Waals surface area contributed by atoms with Gasteiger partial charge in [0.2, 0.25) is 0 Å². The summed E-state index contributed by atoms with van der Waals surface area (Å²) in [6.07, 6.45) is 2.65. The Labute approximate surface area is 146 Å². The molecule has 0 aliphatic carbocycles. The van der Waals surface area contributed by atoms with Crippen LogP contribution >= 0.6 is 11.3 Å². The lowest BCUT2D eigenvalue weighted by Crippen LogP contribution is -2.47. The Kier molecular flexibility index (Phi) is 4.76. The zero-order chi connectivity index (χ0) is 17.3. The molecule has 0 spiro atoms. The summed E-state index contributed by atoms with van der Waals surface area (Å²) in [7, 11) is 0. The van der Waals surface area contributed by atoms with Crippen LogP contribution in [0.15, 0.2) is 40.8 Å². The second-order valence-electron chi connectivity index (χ2n) is 6.61. The zero-order valence-electron chi connectivity index (χ0n) is 14.1. The van der Waals surface area contributed by atoms with Crippen molar-refractivity contribution in [3.8, 4) is 0 Å². The molecule has 0 fully saturated rings. The highest BCUT2D eigenvalue weighted by Gasteiger charge is 2.43. The first-order valence-electron chi connectivity index (χ1n) is 8.26. The smallest absolute Gasteiger partial charge is 0.322 e. The van der Waals surface area contributed by atoms with Gasteiger partial charge in [-0.15, -0.1) is 6.58 Å². The summed E-state index contributed by atoms with van der Waals surface area (Å²) in [4.78, 5) is 29.0. The van der Waals surface area contributed by atoms with E-state index in [0.29, 0.717) is 24.6 Å². The van der Waals surface area contributed by atoms with Crippen LogP contribution in [0.1, 0.15) is 31.9 Å². The first kappa shape index (κ1) is 16.8. The van der Waals surface area contributed by atoms with E-state index in [1.165, 1.54) is 0 Å². The van der Waals surface area contributed by atoms with E-state index in [0.717, 1.165) is 24.2 Å². The standard InChI is InChI=1S/C18H23N3O2S/c1-4-7-21-14-10-20(8-5-12(2)3)17(22)15(14)16(19-18(21)23)13-6-9-24-11-13/h4,6,9,11-12,16H,1,5,7-8,10H2,2-3H3,(H,19,23). The Balaban J connectivity index is 1.94. The molecule has 2 aliphatic rings. The van der Waals surface area contributed by atoms with Gasteiger partial charge in [-0.3, -0.25) is 9.69 Å². The molecule has 0 aromatic carbocycles. The number of nitrogens with zero attached hydrogens (tertiary/aromatic N) is 2. The maximum atomic E-state index is 13.0. The minimum Gasteiger partial charge on any atom is -0.333 e. The van der Waals surface area contributed by atoms with Crippen molar-refractivity contribution in [3.63, 3.8) is 0 Å². The van der Waals surface area contributed by atoms with Crippen molar-refractivity contribution in [1.29, 1.82) is 0 Å². The molecule has 6 heteroatoms. The van der Waals surface area contributed by atoms with Crippen LogP contribution in [-0.4, -0.2) is 41.4 Å². The summed E-state index contributed by atoms with van der Waals surface area (Å²) in [5.74, 6) is 0.572. The number of carbonyl (C=O) groups excluding carboxylic acids is 2. The topological polar surface area (TPSA) is 52.7 Å². The maximum absolute atomic E-state index is 13.0.